The summed E-state index contributed by atoms with van der Waals surface area (Å²) in [6.45, 7) is 4.70. The van der Waals surface area contributed by atoms with Crippen LogP contribution in [0.5, 0.6) is 0 Å². The zero-order valence-electron chi connectivity index (χ0n) is 13.8. The Morgan fingerprint density at radius 1 is 0.667 bits per heavy atom. The Labute approximate surface area is 139 Å². The third kappa shape index (κ3) is 1.25. The van der Waals surface area contributed by atoms with E-state index in [1.54, 1.807) is 0 Å². The maximum atomic E-state index is 3.63. The highest BCUT2D eigenvalue weighted by Crippen LogP contribution is 2.51. The highest BCUT2D eigenvalue weighted by Gasteiger charge is 2.34. The smallest absolute Gasteiger partial charge is 0.0474 e. The summed E-state index contributed by atoms with van der Waals surface area (Å²) in [5.41, 5.74) is 5.42. The van der Waals surface area contributed by atoms with Gasteiger partial charge in [-0.2, -0.15) is 0 Å². The predicted molar refractivity (Wildman–Crippen MR) is 103 cm³/mol. The fourth-order valence-electron chi connectivity index (χ4n) is 4.80. The van der Waals surface area contributed by atoms with E-state index in [0.717, 1.165) is 0 Å². The summed E-state index contributed by atoms with van der Waals surface area (Å²) in [6, 6.07) is 22.3. The molecule has 4 aromatic carbocycles. The highest BCUT2D eigenvalue weighted by molar-refractivity contribution is 6.27. The van der Waals surface area contributed by atoms with Crippen LogP contribution >= 0.6 is 0 Å². The lowest BCUT2D eigenvalue weighted by atomic mass is 9.81. The molecule has 0 atom stereocenters. The molecule has 0 amide bonds. The lowest BCUT2D eigenvalue weighted by molar-refractivity contribution is 0.663. The van der Waals surface area contributed by atoms with E-state index in [0.29, 0.717) is 0 Å². The van der Waals surface area contributed by atoms with Crippen LogP contribution in [0.1, 0.15) is 25.0 Å². The summed E-state index contributed by atoms with van der Waals surface area (Å²) in [5, 5.41) is 8.31. The molecule has 0 fully saturated rings. The van der Waals surface area contributed by atoms with Crippen molar-refractivity contribution in [2.75, 3.05) is 0 Å². The van der Waals surface area contributed by atoms with Crippen molar-refractivity contribution in [3.05, 3.63) is 71.8 Å². The van der Waals surface area contributed by atoms with Gasteiger partial charge in [0.1, 0.15) is 0 Å². The van der Waals surface area contributed by atoms with Crippen LogP contribution in [0.2, 0.25) is 0 Å². The monoisotopic (exact) mass is 307 g/mol. The number of aromatic nitrogens is 1. The van der Waals surface area contributed by atoms with Crippen molar-refractivity contribution in [3.63, 3.8) is 0 Å². The molecule has 0 bridgehead atoms. The third-order valence-corrected chi connectivity index (χ3v) is 5.95. The van der Waals surface area contributed by atoms with Crippen LogP contribution in [0.25, 0.3) is 43.4 Å². The molecule has 0 saturated carbocycles. The van der Waals surface area contributed by atoms with Crippen LogP contribution < -0.4 is 0 Å². The van der Waals surface area contributed by atoms with Crippen molar-refractivity contribution in [2.45, 2.75) is 19.3 Å². The number of fused-ring (bicyclic) bond motifs is 4. The molecule has 1 aliphatic rings. The van der Waals surface area contributed by atoms with E-state index in [4.69, 9.17) is 0 Å². The molecule has 6 rings (SSSR count). The van der Waals surface area contributed by atoms with Gasteiger partial charge in [0.05, 0.1) is 0 Å². The summed E-state index contributed by atoms with van der Waals surface area (Å²) < 4.78 is 0. The molecule has 0 saturated heterocycles. The molecular formula is C23H17N. The minimum Gasteiger partial charge on any atom is -0.354 e. The predicted octanol–water partition coefficient (Wildman–Crippen LogP) is 6.27. The second-order valence-corrected chi connectivity index (χ2v) is 7.53. The standard InChI is InChI=1S/C23H17N/c1-23(2)16-8-5-6-13-10-11-15-21-14-7-3-4-9-18(14)24-19(21)12-17(23)22(15)20(13)16/h3-12,24H,1-2H3. The fourth-order valence-corrected chi connectivity index (χ4v) is 4.80. The Hall–Kier alpha value is -2.80. The second kappa shape index (κ2) is 3.81. The maximum Gasteiger partial charge on any atom is 0.0474 e. The Bertz CT molecular complexity index is 1320. The Morgan fingerprint density at radius 3 is 2.46 bits per heavy atom. The summed E-state index contributed by atoms with van der Waals surface area (Å²) in [7, 11) is 0. The molecule has 114 valence electrons. The fraction of sp³-hybridized carbons (Fsp3) is 0.130. The number of para-hydroxylation sites is 1. The molecule has 1 heterocycles. The number of H-pyrrole nitrogens is 1. The van der Waals surface area contributed by atoms with Crippen LogP contribution in [0.3, 0.4) is 0 Å². The van der Waals surface area contributed by atoms with E-state index in [1.165, 1.54) is 54.5 Å². The summed E-state index contributed by atoms with van der Waals surface area (Å²) in [4.78, 5) is 3.63. The topological polar surface area (TPSA) is 15.8 Å². The second-order valence-electron chi connectivity index (χ2n) is 7.53. The van der Waals surface area contributed by atoms with Crippen LogP contribution in [-0.2, 0) is 5.41 Å². The third-order valence-electron chi connectivity index (χ3n) is 5.95. The number of hydrogen-bond acceptors (Lipinski definition) is 0. The maximum absolute atomic E-state index is 3.63. The van der Waals surface area contributed by atoms with Gasteiger partial charge >= 0.3 is 0 Å². The molecule has 0 unspecified atom stereocenters. The van der Waals surface area contributed by atoms with Crippen molar-refractivity contribution < 1.29 is 0 Å². The molecule has 1 nitrogen and oxygen atoms in total. The zero-order valence-corrected chi connectivity index (χ0v) is 13.8. The van der Waals surface area contributed by atoms with Crippen molar-refractivity contribution >= 4 is 43.4 Å². The molecule has 1 N–H and O–H groups in total. The van der Waals surface area contributed by atoms with Gasteiger partial charge in [0.25, 0.3) is 0 Å². The largest absolute Gasteiger partial charge is 0.354 e. The van der Waals surface area contributed by atoms with Gasteiger partial charge in [0.15, 0.2) is 0 Å². The van der Waals surface area contributed by atoms with Gasteiger partial charge in [-0.3, -0.25) is 0 Å². The van der Waals surface area contributed by atoms with Gasteiger partial charge in [-0.05, 0) is 44.8 Å². The van der Waals surface area contributed by atoms with E-state index in [1.807, 2.05) is 0 Å². The van der Waals surface area contributed by atoms with Gasteiger partial charge in [-0.15, -0.1) is 0 Å². The van der Waals surface area contributed by atoms with Crippen LogP contribution in [0.15, 0.2) is 60.7 Å². The van der Waals surface area contributed by atoms with Gasteiger partial charge < -0.3 is 4.98 Å². The minimum atomic E-state index is 0.0485. The lowest BCUT2D eigenvalue weighted by Gasteiger charge is -2.22. The molecule has 5 aromatic rings. The lowest BCUT2D eigenvalue weighted by Crippen LogP contribution is -2.15. The average molecular weight is 307 g/mol. The number of hydrogen-bond donors (Lipinski definition) is 1. The molecule has 24 heavy (non-hydrogen) atoms. The first-order valence-corrected chi connectivity index (χ1v) is 8.56. The van der Waals surface area contributed by atoms with Crippen LogP contribution in [0, 0.1) is 0 Å². The minimum absolute atomic E-state index is 0.0485. The summed E-state index contributed by atoms with van der Waals surface area (Å²) >= 11 is 0. The first kappa shape index (κ1) is 12.6. The molecule has 1 heteroatoms. The summed E-state index contributed by atoms with van der Waals surface area (Å²) in [6.07, 6.45) is 0. The van der Waals surface area contributed by atoms with Crippen LogP contribution in [-0.4, -0.2) is 4.98 Å². The quantitative estimate of drug-likeness (QED) is 0.325. The van der Waals surface area contributed by atoms with E-state index in [-0.39, 0.29) is 5.41 Å². The van der Waals surface area contributed by atoms with E-state index in [2.05, 4.69) is 79.5 Å². The first-order valence-electron chi connectivity index (χ1n) is 8.56. The van der Waals surface area contributed by atoms with E-state index >= 15 is 0 Å². The van der Waals surface area contributed by atoms with Gasteiger partial charge in [-0.1, -0.05) is 62.4 Å². The Morgan fingerprint density at radius 2 is 1.54 bits per heavy atom. The number of nitrogens with one attached hydrogen (secondary N) is 1. The normalized spacial score (nSPS) is 15.4. The molecule has 0 aliphatic heterocycles. The number of aromatic amines is 1. The number of benzene rings is 4. The number of rotatable bonds is 0. The molecule has 1 aromatic heterocycles. The van der Waals surface area contributed by atoms with E-state index in [9.17, 15) is 0 Å². The van der Waals surface area contributed by atoms with Gasteiger partial charge in [0.2, 0.25) is 0 Å². The first-order chi connectivity index (χ1) is 11.7. The van der Waals surface area contributed by atoms with Crippen LogP contribution in [0.4, 0.5) is 0 Å². The Balaban J connectivity index is 2.00. The average Bonchev–Trinajstić information content (AvgIpc) is 3.08. The zero-order chi connectivity index (χ0) is 16.1. The SMILES string of the molecule is CC1(C)c2cccc3ccc4c(c1cc1[nH]c5ccccc5c14)c23. The van der Waals surface area contributed by atoms with Gasteiger partial charge in [0, 0.05) is 27.2 Å². The van der Waals surface area contributed by atoms with Crippen molar-refractivity contribution in [3.8, 4) is 0 Å². The van der Waals surface area contributed by atoms with Crippen molar-refractivity contribution in [2.24, 2.45) is 0 Å². The molecule has 0 radical (unpaired) electrons. The molecular weight excluding hydrogens is 290 g/mol. The molecule has 1 aliphatic carbocycles. The van der Waals surface area contributed by atoms with Crippen molar-refractivity contribution in [1.29, 1.82) is 0 Å². The summed E-state index contributed by atoms with van der Waals surface area (Å²) in [5.74, 6) is 0. The highest BCUT2D eigenvalue weighted by atomic mass is 14.7. The van der Waals surface area contributed by atoms with Gasteiger partial charge in [-0.25, -0.2) is 0 Å². The Kier molecular flexibility index (Phi) is 2.00. The van der Waals surface area contributed by atoms with Crippen molar-refractivity contribution in [1.82, 2.24) is 4.98 Å². The molecule has 0 spiro atoms. The van der Waals surface area contributed by atoms with E-state index < -0.39 is 0 Å².